The van der Waals surface area contributed by atoms with Crippen molar-refractivity contribution in [1.29, 1.82) is 0 Å². The van der Waals surface area contributed by atoms with E-state index in [0.29, 0.717) is 11.1 Å². The van der Waals surface area contributed by atoms with Crippen LogP contribution in [0.1, 0.15) is 38.8 Å². The Kier molecular flexibility index (Phi) is 3.90. The lowest BCUT2D eigenvalue weighted by Crippen LogP contribution is -2.41. The number of hydrogen-bond acceptors (Lipinski definition) is 3. The van der Waals surface area contributed by atoms with Gasteiger partial charge in [-0.25, -0.2) is 0 Å². The molecule has 0 N–H and O–H groups in total. The minimum absolute atomic E-state index is 0.247. The first-order chi connectivity index (χ1) is 11.0. The maximum absolute atomic E-state index is 12.4. The molecule has 1 aliphatic rings. The van der Waals surface area contributed by atoms with Gasteiger partial charge in [0.15, 0.2) is 0 Å². The SMILES string of the molecule is Cc1cccc(C)c1OCC(C)N1C(=O)c2ccccc2C1=O. The van der Waals surface area contributed by atoms with E-state index in [1.165, 1.54) is 4.90 Å². The molecule has 4 nitrogen and oxygen atoms in total. The maximum Gasteiger partial charge on any atom is 0.261 e. The quantitative estimate of drug-likeness (QED) is 0.814. The zero-order chi connectivity index (χ0) is 16.6. The molecule has 2 aromatic carbocycles. The third-order valence-electron chi connectivity index (χ3n) is 4.14. The number of imide groups is 1. The van der Waals surface area contributed by atoms with Crippen molar-refractivity contribution in [3.8, 4) is 5.75 Å². The first-order valence-corrected chi connectivity index (χ1v) is 7.66. The van der Waals surface area contributed by atoms with Crippen LogP contribution in [0.25, 0.3) is 0 Å². The van der Waals surface area contributed by atoms with Gasteiger partial charge in [-0.2, -0.15) is 0 Å². The highest BCUT2D eigenvalue weighted by atomic mass is 16.5. The molecule has 1 aliphatic heterocycles. The highest BCUT2D eigenvalue weighted by molar-refractivity contribution is 6.21. The maximum atomic E-state index is 12.4. The lowest BCUT2D eigenvalue weighted by Gasteiger charge is -2.23. The fraction of sp³-hybridized carbons (Fsp3) is 0.263. The van der Waals surface area contributed by atoms with E-state index in [4.69, 9.17) is 4.74 Å². The number of amides is 2. The van der Waals surface area contributed by atoms with Crippen molar-refractivity contribution in [2.24, 2.45) is 0 Å². The number of rotatable bonds is 4. The Balaban J connectivity index is 1.76. The van der Waals surface area contributed by atoms with Crippen LogP contribution in [-0.2, 0) is 0 Å². The standard InChI is InChI=1S/C19H19NO3/c1-12-7-6-8-13(2)17(12)23-11-14(3)20-18(21)15-9-4-5-10-16(15)19(20)22/h4-10,14H,11H2,1-3H3. The summed E-state index contributed by atoms with van der Waals surface area (Å²) in [5, 5.41) is 0. The van der Waals surface area contributed by atoms with Gasteiger partial charge in [-0.1, -0.05) is 30.3 Å². The van der Waals surface area contributed by atoms with Gasteiger partial charge in [0.25, 0.3) is 11.8 Å². The molecule has 1 atom stereocenters. The van der Waals surface area contributed by atoms with Crippen LogP contribution in [0.15, 0.2) is 42.5 Å². The van der Waals surface area contributed by atoms with Crippen molar-refractivity contribution in [2.45, 2.75) is 26.8 Å². The molecule has 3 rings (SSSR count). The van der Waals surface area contributed by atoms with Gasteiger partial charge in [0.05, 0.1) is 17.2 Å². The van der Waals surface area contributed by atoms with Gasteiger partial charge in [0.1, 0.15) is 12.4 Å². The summed E-state index contributed by atoms with van der Waals surface area (Å²) in [5.41, 5.74) is 3.02. The summed E-state index contributed by atoms with van der Waals surface area (Å²) >= 11 is 0. The molecule has 1 heterocycles. The molecule has 2 aromatic rings. The van der Waals surface area contributed by atoms with E-state index >= 15 is 0 Å². The van der Waals surface area contributed by atoms with Gasteiger partial charge in [-0.15, -0.1) is 0 Å². The van der Waals surface area contributed by atoms with Crippen molar-refractivity contribution in [3.05, 3.63) is 64.7 Å². The summed E-state index contributed by atoms with van der Waals surface area (Å²) < 4.78 is 5.89. The van der Waals surface area contributed by atoms with E-state index in [-0.39, 0.29) is 24.5 Å². The van der Waals surface area contributed by atoms with Gasteiger partial charge in [-0.05, 0) is 44.0 Å². The number of fused-ring (bicyclic) bond motifs is 1. The van der Waals surface area contributed by atoms with Gasteiger partial charge < -0.3 is 4.74 Å². The van der Waals surface area contributed by atoms with Crippen molar-refractivity contribution < 1.29 is 14.3 Å². The molecular weight excluding hydrogens is 290 g/mol. The Hall–Kier alpha value is -2.62. The van der Waals surface area contributed by atoms with Gasteiger partial charge in [0.2, 0.25) is 0 Å². The van der Waals surface area contributed by atoms with E-state index in [1.54, 1.807) is 24.3 Å². The second-order valence-corrected chi connectivity index (χ2v) is 5.91. The third kappa shape index (κ3) is 2.61. The molecule has 0 saturated heterocycles. The minimum atomic E-state index is -0.332. The average molecular weight is 309 g/mol. The number of hydrogen-bond donors (Lipinski definition) is 0. The summed E-state index contributed by atoms with van der Waals surface area (Å²) in [4.78, 5) is 26.2. The normalized spacial score (nSPS) is 14.8. The number of carbonyl (C=O) groups excluding carboxylic acids is 2. The molecule has 0 bridgehead atoms. The van der Waals surface area contributed by atoms with E-state index in [1.807, 2.05) is 39.0 Å². The summed E-state index contributed by atoms with van der Waals surface area (Å²) in [6.45, 7) is 6.07. The predicted octanol–water partition coefficient (Wildman–Crippen LogP) is 3.37. The largest absolute Gasteiger partial charge is 0.491 e. The van der Waals surface area contributed by atoms with Crippen molar-refractivity contribution in [2.75, 3.05) is 6.61 Å². The van der Waals surface area contributed by atoms with Crippen molar-refractivity contribution >= 4 is 11.8 Å². The van der Waals surface area contributed by atoms with Crippen LogP contribution in [0.2, 0.25) is 0 Å². The molecule has 0 spiro atoms. The van der Waals surface area contributed by atoms with Crippen molar-refractivity contribution in [3.63, 3.8) is 0 Å². The number of benzene rings is 2. The third-order valence-corrected chi connectivity index (χ3v) is 4.14. The first-order valence-electron chi connectivity index (χ1n) is 7.66. The van der Waals surface area contributed by atoms with Crippen LogP contribution in [0, 0.1) is 13.8 Å². The number of carbonyl (C=O) groups is 2. The summed E-state index contributed by atoms with van der Waals surface area (Å²) in [6.07, 6.45) is 0. The molecule has 0 fully saturated rings. The molecule has 0 aromatic heterocycles. The van der Waals surface area contributed by atoms with Gasteiger partial charge >= 0.3 is 0 Å². The fourth-order valence-corrected chi connectivity index (χ4v) is 2.91. The minimum Gasteiger partial charge on any atom is -0.491 e. The van der Waals surface area contributed by atoms with Gasteiger partial charge in [0, 0.05) is 0 Å². The Labute approximate surface area is 135 Å². The Morgan fingerprint density at radius 3 is 1.96 bits per heavy atom. The van der Waals surface area contributed by atoms with E-state index in [2.05, 4.69) is 0 Å². The van der Waals surface area contributed by atoms with Crippen LogP contribution in [0.5, 0.6) is 5.75 Å². The second-order valence-electron chi connectivity index (χ2n) is 5.91. The number of para-hydroxylation sites is 1. The molecule has 4 heteroatoms. The number of nitrogens with zero attached hydrogens (tertiary/aromatic N) is 1. The Morgan fingerprint density at radius 1 is 0.913 bits per heavy atom. The molecule has 23 heavy (non-hydrogen) atoms. The van der Waals surface area contributed by atoms with Crippen molar-refractivity contribution in [1.82, 2.24) is 4.90 Å². The molecular formula is C19H19NO3. The second kappa shape index (κ2) is 5.88. The lowest BCUT2D eigenvalue weighted by atomic mass is 10.1. The summed E-state index contributed by atoms with van der Waals surface area (Å²) in [6, 6.07) is 12.5. The highest BCUT2D eigenvalue weighted by Gasteiger charge is 2.38. The van der Waals surface area contributed by atoms with Crippen LogP contribution >= 0.6 is 0 Å². The first kappa shape index (κ1) is 15.3. The summed E-state index contributed by atoms with van der Waals surface area (Å²) in [7, 11) is 0. The molecule has 0 aliphatic carbocycles. The lowest BCUT2D eigenvalue weighted by molar-refractivity contribution is 0.0550. The zero-order valence-corrected chi connectivity index (χ0v) is 13.5. The van der Waals surface area contributed by atoms with Crippen LogP contribution in [0.3, 0.4) is 0 Å². The summed E-state index contributed by atoms with van der Waals surface area (Å²) in [5.74, 6) is 0.322. The van der Waals surface area contributed by atoms with Gasteiger partial charge in [-0.3, -0.25) is 14.5 Å². The number of aryl methyl sites for hydroxylation is 2. The number of ether oxygens (including phenoxy) is 1. The molecule has 118 valence electrons. The predicted molar refractivity (Wildman–Crippen MR) is 87.8 cm³/mol. The zero-order valence-electron chi connectivity index (χ0n) is 13.5. The topological polar surface area (TPSA) is 46.6 Å². The average Bonchev–Trinajstić information content (AvgIpc) is 2.79. The highest BCUT2D eigenvalue weighted by Crippen LogP contribution is 2.26. The Morgan fingerprint density at radius 2 is 1.43 bits per heavy atom. The van der Waals surface area contributed by atoms with Crippen LogP contribution < -0.4 is 4.74 Å². The Bertz CT molecular complexity index is 727. The molecule has 2 amide bonds. The van der Waals surface area contributed by atoms with Crippen LogP contribution in [0.4, 0.5) is 0 Å². The molecule has 1 unspecified atom stereocenters. The monoisotopic (exact) mass is 309 g/mol. The van der Waals surface area contributed by atoms with E-state index in [9.17, 15) is 9.59 Å². The van der Waals surface area contributed by atoms with E-state index in [0.717, 1.165) is 16.9 Å². The fourth-order valence-electron chi connectivity index (χ4n) is 2.91. The molecule has 0 radical (unpaired) electrons. The molecule has 0 saturated carbocycles. The van der Waals surface area contributed by atoms with E-state index < -0.39 is 0 Å². The van der Waals surface area contributed by atoms with Crippen LogP contribution in [-0.4, -0.2) is 29.4 Å². The smallest absolute Gasteiger partial charge is 0.261 e.